The first-order valence-electron chi connectivity index (χ1n) is 3.35. The number of likely N-dealkylation sites (tertiary alicyclic amines) is 1. The van der Waals surface area contributed by atoms with Crippen LogP contribution in [0.4, 0.5) is 8.78 Å². The van der Waals surface area contributed by atoms with E-state index in [1.54, 1.807) is 0 Å². The Morgan fingerprint density at radius 3 is 2.82 bits per heavy atom. The summed E-state index contributed by atoms with van der Waals surface area (Å²) >= 11 is 0. The van der Waals surface area contributed by atoms with Gasteiger partial charge < -0.3 is 9.64 Å². The number of carbonyl (C=O) groups is 1. The molecule has 1 amide bonds. The third-order valence-corrected chi connectivity index (χ3v) is 1.62. The summed E-state index contributed by atoms with van der Waals surface area (Å²) in [5.74, 6) is 0. The van der Waals surface area contributed by atoms with Gasteiger partial charge in [0, 0.05) is 13.1 Å². The van der Waals surface area contributed by atoms with E-state index in [4.69, 9.17) is 0 Å². The molecular formula is C6H9F2NO2. The molecule has 1 rings (SSSR count). The Hall–Kier alpha value is -0.710. The number of hydrogen-bond acceptors (Lipinski definition) is 2. The molecule has 0 aliphatic carbocycles. The molecule has 0 aromatic carbocycles. The van der Waals surface area contributed by atoms with Crippen molar-refractivity contribution in [2.75, 3.05) is 13.1 Å². The molecular weight excluding hydrogens is 156 g/mol. The molecule has 11 heavy (non-hydrogen) atoms. The molecule has 1 unspecified atom stereocenters. The zero-order valence-corrected chi connectivity index (χ0v) is 5.87. The lowest BCUT2D eigenvalue weighted by molar-refractivity contribution is -0.159. The van der Waals surface area contributed by atoms with E-state index >= 15 is 0 Å². The molecule has 0 spiro atoms. The van der Waals surface area contributed by atoms with Gasteiger partial charge in [-0.05, 0) is 6.42 Å². The Balaban J connectivity index is 2.24. The molecule has 5 heteroatoms. The quantitative estimate of drug-likeness (QED) is 0.568. The first-order chi connectivity index (χ1) is 5.22. The predicted octanol–water partition coefficient (Wildman–Crippen LogP) is 0.456. The minimum absolute atomic E-state index is 0.286. The highest BCUT2D eigenvalue weighted by molar-refractivity contribution is 5.47. The highest BCUT2D eigenvalue weighted by atomic mass is 19.3. The summed E-state index contributed by atoms with van der Waals surface area (Å²) in [4.78, 5) is 11.5. The van der Waals surface area contributed by atoms with E-state index in [-0.39, 0.29) is 6.54 Å². The van der Waals surface area contributed by atoms with Crippen LogP contribution in [0.1, 0.15) is 6.42 Å². The number of ether oxygens (including phenoxy) is 1. The van der Waals surface area contributed by atoms with Crippen molar-refractivity contribution in [3.05, 3.63) is 0 Å². The molecule has 1 aliphatic heterocycles. The van der Waals surface area contributed by atoms with Crippen molar-refractivity contribution < 1.29 is 18.3 Å². The van der Waals surface area contributed by atoms with E-state index in [0.29, 0.717) is 19.4 Å². The Kier molecular flexibility index (Phi) is 2.76. The molecule has 1 heterocycles. The third kappa shape index (κ3) is 2.42. The van der Waals surface area contributed by atoms with Crippen LogP contribution in [0.3, 0.4) is 0 Å². The second kappa shape index (κ2) is 3.61. The van der Waals surface area contributed by atoms with Crippen molar-refractivity contribution in [1.82, 2.24) is 4.90 Å². The van der Waals surface area contributed by atoms with Crippen LogP contribution >= 0.6 is 0 Å². The van der Waals surface area contributed by atoms with Gasteiger partial charge in [-0.25, -0.2) is 0 Å². The average Bonchev–Trinajstić information content (AvgIpc) is 2.34. The summed E-state index contributed by atoms with van der Waals surface area (Å²) < 4.78 is 27.4. The summed E-state index contributed by atoms with van der Waals surface area (Å²) in [5.41, 5.74) is 0. The van der Waals surface area contributed by atoms with Crippen molar-refractivity contribution in [2.45, 2.75) is 19.1 Å². The average molecular weight is 165 g/mol. The smallest absolute Gasteiger partial charge is 0.343 e. The second-order valence-electron chi connectivity index (χ2n) is 2.41. The number of alkyl halides is 2. The van der Waals surface area contributed by atoms with Crippen LogP contribution in [0.25, 0.3) is 0 Å². The predicted molar refractivity (Wildman–Crippen MR) is 33.1 cm³/mol. The van der Waals surface area contributed by atoms with Gasteiger partial charge in [-0.15, -0.1) is 0 Å². The molecule has 0 N–H and O–H groups in total. The maximum absolute atomic E-state index is 11.6. The topological polar surface area (TPSA) is 29.5 Å². The minimum atomic E-state index is -2.73. The van der Waals surface area contributed by atoms with Crippen molar-refractivity contribution in [3.63, 3.8) is 0 Å². The van der Waals surface area contributed by atoms with Gasteiger partial charge in [-0.1, -0.05) is 0 Å². The van der Waals surface area contributed by atoms with Crippen molar-refractivity contribution in [2.24, 2.45) is 0 Å². The summed E-state index contributed by atoms with van der Waals surface area (Å²) in [6, 6.07) is 0. The van der Waals surface area contributed by atoms with Crippen LogP contribution in [0.2, 0.25) is 0 Å². The maximum atomic E-state index is 11.6. The Bertz CT molecular complexity index is 143. The van der Waals surface area contributed by atoms with E-state index in [1.165, 1.54) is 4.90 Å². The van der Waals surface area contributed by atoms with Crippen LogP contribution in [0, 0.1) is 0 Å². The Labute approximate surface area is 62.9 Å². The Morgan fingerprint density at radius 1 is 1.64 bits per heavy atom. The van der Waals surface area contributed by atoms with Gasteiger partial charge in [0.15, 0.2) is 0 Å². The zero-order valence-electron chi connectivity index (χ0n) is 5.87. The highest BCUT2D eigenvalue weighted by Crippen LogP contribution is 2.13. The highest BCUT2D eigenvalue weighted by Gasteiger charge is 2.24. The second-order valence-corrected chi connectivity index (χ2v) is 2.41. The lowest BCUT2D eigenvalue weighted by Crippen LogP contribution is -2.23. The SMILES string of the molecule is O=CN1CCC(OC(F)F)C1. The van der Waals surface area contributed by atoms with Crippen LogP contribution < -0.4 is 0 Å². The van der Waals surface area contributed by atoms with E-state index in [1.807, 2.05) is 0 Å². The molecule has 0 aromatic rings. The van der Waals surface area contributed by atoms with Crippen LogP contribution in [-0.2, 0) is 9.53 Å². The van der Waals surface area contributed by atoms with Crippen LogP contribution in [-0.4, -0.2) is 37.1 Å². The lowest BCUT2D eigenvalue weighted by Gasteiger charge is -2.10. The molecule has 64 valence electrons. The molecule has 1 fully saturated rings. The van der Waals surface area contributed by atoms with Gasteiger partial charge in [0.25, 0.3) is 0 Å². The molecule has 1 aliphatic rings. The number of carbonyl (C=O) groups excluding carboxylic acids is 1. The van der Waals surface area contributed by atoms with Crippen molar-refractivity contribution >= 4 is 6.41 Å². The first kappa shape index (κ1) is 8.39. The van der Waals surface area contributed by atoms with Crippen molar-refractivity contribution in [3.8, 4) is 0 Å². The van der Waals surface area contributed by atoms with E-state index in [0.717, 1.165) is 0 Å². The van der Waals surface area contributed by atoms with E-state index in [2.05, 4.69) is 4.74 Å². The van der Waals surface area contributed by atoms with Gasteiger partial charge in [0.05, 0.1) is 6.10 Å². The molecule has 3 nitrogen and oxygen atoms in total. The number of rotatable bonds is 3. The normalized spacial score (nSPS) is 24.6. The summed E-state index contributed by atoms with van der Waals surface area (Å²) in [7, 11) is 0. The summed E-state index contributed by atoms with van der Waals surface area (Å²) in [5, 5.41) is 0. The summed E-state index contributed by atoms with van der Waals surface area (Å²) in [6.45, 7) is -1.93. The number of amides is 1. The lowest BCUT2D eigenvalue weighted by atomic mass is 10.3. The number of hydrogen-bond donors (Lipinski definition) is 0. The Morgan fingerprint density at radius 2 is 2.36 bits per heavy atom. The summed E-state index contributed by atoms with van der Waals surface area (Å²) in [6.07, 6.45) is 0.665. The van der Waals surface area contributed by atoms with E-state index in [9.17, 15) is 13.6 Å². The molecule has 1 atom stereocenters. The van der Waals surface area contributed by atoms with Gasteiger partial charge in [0.1, 0.15) is 0 Å². The number of halogens is 2. The van der Waals surface area contributed by atoms with Gasteiger partial charge >= 0.3 is 6.61 Å². The molecule has 0 radical (unpaired) electrons. The maximum Gasteiger partial charge on any atom is 0.345 e. The molecule has 0 saturated carbocycles. The molecule has 0 aromatic heterocycles. The van der Waals surface area contributed by atoms with Crippen LogP contribution in [0.5, 0.6) is 0 Å². The van der Waals surface area contributed by atoms with Gasteiger partial charge in [-0.3, -0.25) is 4.79 Å². The largest absolute Gasteiger partial charge is 0.345 e. The minimum Gasteiger partial charge on any atom is -0.343 e. The fourth-order valence-corrected chi connectivity index (χ4v) is 1.11. The standard InChI is InChI=1S/C6H9F2NO2/c7-6(8)11-5-1-2-9(3-5)4-10/h4-6H,1-3H2. The fourth-order valence-electron chi connectivity index (χ4n) is 1.11. The molecule has 1 saturated heterocycles. The number of nitrogens with zero attached hydrogens (tertiary/aromatic N) is 1. The first-order valence-corrected chi connectivity index (χ1v) is 3.35. The van der Waals surface area contributed by atoms with Gasteiger partial charge in [-0.2, -0.15) is 8.78 Å². The third-order valence-electron chi connectivity index (χ3n) is 1.62. The van der Waals surface area contributed by atoms with Crippen molar-refractivity contribution in [1.29, 1.82) is 0 Å². The van der Waals surface area contributed by atoms with Crippen LogP contribution in [0.15, 0.2) is 0 Å². The monoisotopic (exact) mass is 165 g/mol. The van der Waals surface area contributed by atoms with E-state index < -0.39 is 12.7 Å². The molecule has 0 bridgehead atoms. The zero-order chi connectivity index (χ0) is 8.27. The fraction of sp³-hybridized carbons (Fsp3) is 0.833. The van der Waals surface area contributed by atoms with Gasteiger partial charge in [0.2, 0.25) is 6.41 Å².